The largest absolute Gasteiger partial charge is 0.309 e. The van der Waals surface area contributed by atoms with Crippen molar-refractivity contribution in [3.63, 3.8) is 0 Å². The van der Waals surface area contributed by atoms with E-state index in [9.17, 15) is 0 Å². The first-order valence-electron chi connectivity index (χ1n) is 5.00. The van der Waals surface area contributed by atoms with Crippen molar-refractivity contribution in [1.82, 2.24) is 5.32 Å². The molecule has 1 saturated heterocycles. The summed E-state index contributed by atoms with van der Waals surface area (Å²) in [5.74, 6) is 2.60. The van der Waals surface area contributed by atoms with Crippen LogP contribution >= 0.6 is 50.6 Å². The highest BCUT2D eigenvalue weighted by molar-refractivity contribution is 9.10. The fourth-order valence-electron chi connectivity index (χ4n) is 1.63. The van der Waals surface area contributed by atoms with Gasteiger partial charge < -0.3 is 5.32 Å². The van der Waals surface area contributed by atoms with Crippen LogP contribution in [0.15, 0.2) is 10.5 Å². The van der Waals surface area contributed by atoms with Crippen molar-refractivity contribution in [3.8, 4) is 0 Å². The SMILES string of the molecule is Clc1sc(CNC2CCSCC2)cc1Br. The molecule has 1 aliphatic rings. The maximum Gasteiger partial charge on any atom is 0.107 e. The summed E-state index contributed by atoms with van der Waals surface area (Å²) in [5, 5.41) is 3.60. The Balaban J connectivity index is 1.81. The molecule has 1 aromatic rings. The lowest BCUT2D eigenvalue weighted by molar-refractivity contribution is 0.484. The van der Waals surface area contributed by atoms with E-state index in [0.717, 1.165) is 15.4 Å². The first-order valence-corrected chi connectivity index (χ1v) is 8.15. The second kappa shape index (κ2) is 5.92. The van der Waals surface area contributed by atoms with Gasteiger partial charge in [0.05, 0.1) is 0 Å². The van der Waals surface area contributed by atoms with Gasteiger partial charge in [-0.25, -0.2) is 0 Å². The third kappa shape index (κ3) is 3.63. The van der Waals surface area contributed by atoms with Crippen molar-refractivity contribution in [2.45, 2.75) is 25.4 Å². The van der Waals surface area contributed by atoms with Gasteiger partial charge in [0.15, 0.2) is 0 Å². The Kier molecular flexibility index (Phi) is 4.83. The van der Waals surface area contributed by atoms with Gasteiger partial charge in [-0.15, -0.1) is 11.3 Å². The van der Waals surface area contributed by atoms with Crippen molar-refractivity contribution in [2.24, 2.45) is 0 Å². The van der Waals surface area contributed by atoms with Crippen LogP contribution in [0.4, 0.5) is 0 Å². The smallest absolute Gasteiger partial charge is 0.107 e. The predicted octanol–water partition coefficient (Wildman–Crippen LogP) is 4.15. The molecular formula is C10H13BrClNS2. The molecule has 2 heterocycles. The van der Waals surface area contributed by atoms with Crippen molar-refractivity contribution in [1.29, 1.82) is 0 Å². The first kappa shape index (κ1) is 12.2. The van der Waals surface area contributed by atoms with Gasteiger partial charge in [0.2, 0.25) is 0 Å². The zero-order valence-corrected chi connectivity index (χ0v) is 12.2. The van der Waals surface area contributed by atoms with Gasteiger partial charge in [0.1, 0.15) is 4.34 Å². The van der Waals surface area contributed by atoms with E-state index in [2.05, 4.69) is 39.1 Å². The Bertz CT molecular complexity index is 304. The molecule has 0 bridgehead atoms. The van der Waals surface area contributed by atoms with Gasteiger partial charge in [0.25, 0.3) is 0 Å². The summed E-state index contributed by atoms with van der Waals surface area (Å²) in [7, 11) is 0. The molecular weight excluding hydrogens is 314 g/mol. The highest BCUT2D eigenvalue weighted by atomic mass is 79.9. The number of rotatable bonds is 3. The summed E-state index contributed by atoms with van der Waals surface area (Å²) in [6.07, 6.45) is 2.59. The van der Waals surface area contributed by atoms with E-state index in [1.807, 2.05) is 0 Å². The Morgan fingerprint density at radius 2 is 2.20 bits per heavy atom. The summed E-state index contributed by atoms with van der Waals surface area (Å²) < 4.78 is 1.87. The van der Waals surface area contributed by atoms with Crippen LogP contribution in [0.1, 0.15) is 17.7 Å². The third-order valence-corrected chi connectivity index (χ3v) is 6.01. The van der Waals surface area contributed by atoms with Crippen molar-refractivity contribution in [2.75, 3.05) is 11.5 Å². The van der Waals surface area contributed by atoms with E-state index in [1.54, 1.807) is 11.3 Å². The minimum absolute atomic E-state index is 0.700. The molecule has 0 spiro atoms. The van der Waals surface area contributed by atoms with Crippen molar-refractivity contribution in [3.05, 3.63) is 19.8 Å². The molecule has 0 atom stereocenters. The van der Waals surface area contributed by atoms with E-state index in [1.165, 1.54) is 29.2 Å². The van der Waals surface area contributed by atoms with E-state index < -0.39 is 0 Å². The number of hydrogen-bond acceptors (Lipinski definition) is 3. The summed E-state index contributed by atoms with van der Waals surface area (Å²) in [5.41, 5.74) is 0. The van der Waals surface area contributed by atoms with Gasteiger partial charge >= 0.3 is 0 Å². The van der Waals surface area contributed by atoms with Crippen molar-refractivity contribution >= 4 is 50.6 Å². The molecule has 1 aliphatic heterocycles. The standard InChI is InChI=1S/C10H13BrClNS2/c11-9-5-8(15-10(9)12)6-13-7-1-3-14-4-2-7/h5,7,13H,1-4,6H2. The normalized spacial score (nSPS) is 18.3. The highest BCUT2D eigenvalue weighted by Gasteiger charge is 2.13. The first-order chi connectivity index (χ1) is 7.25. The number of nitrogens with one attached hydrogen (secondary N) is 1. The van der Waals surface area contributed by atoms with Crippen LogP contribution in [-0.4, -0.2) is 17.5 Å². The maximum atomic E-state index is 5.99. The van der Waals surface area contributed by atoms with Gasteiger partial charge in [0, 0.05) is 21.9 Å². The quantitative estimate of drug-likeness (QED) is 0.895. The van der Waals surface area contributed by atoms with Gasteiger partial charge in [-0.2, -0.15) is 11.8 Å². The van der Waals surface area contributed by atoms with Gasteiger partial charge in [-0.3, -0.25) is 0 Å². The molecule has 1 N–H and O–H groups in total. The molecule has 2 rings (SSSR count). The summed E-state index contributed by atoms with van der Waals surface area (Å²) in [6.45, 7) is 0.950. The predicted molar refractivity (Wildman–Crippen MR) is 74.2 cm³/mol. The monoisotopic (exact) mass is 325 g/mol. The molecule has 1 nitrogen and oxygen atoms in total. The van der Waals surface area contributed by atoms with E-state index in [0.29, 0.717) is 6.04 Å². The van der Waals surface area contributed by atoms with Crippen LogP contribution in [-0.2, 0) is 6.54 Å². The molecule has 1 fully saturated rings. The lowest BCUT2D eigenvalue weighted by Crippen LogP contribution is -2.31. The molecule has 5 heteroatoms. The average Bonchev–Trinajstić information content (AvgIpc) is 2.57. The third-order valence-electron chi connectivity index (χ3n) is 2.48. The molecule has 0 aliphatic carbocycles. The van der Waals surface area contributed by atoms with Crippen LogP contribution in [0, 0.1) is 0 Å². The average molecular weight is 327 g/mol. The second-order valence-corrected chi connectivity index (χ2v) is 7.42. The minimum Gasteiger partial charge on any atom is -0.309 e. The fraction of sp³-hybridized carbons (Fsp3) is 0.600. The molecule has 84 valence electrons. The molecule has 0 radical (unpaired) electrons. The topological polar surface area (TPSA) is 12.0 Å². The fourth-order valence-corrected chi connectivity index (χ4v) is 4.47. The zero-order chi connectivity index (χ0) is 10.7. The minimum atomic E-state index is 0.700. The molecule has 15 heavy (non-hydrogen) atoms. The Morgan fingerprint density at radius 1 is 1.47 bits per heavy atom. The lowest BCUT2D eigenvalue weighted by atomic mass is 10.1. The maximum absolute atomic E-state index is 5.99. The Hall–Kier alpha value is 0.780. The van der Waals surface area contributed by atoms with Gasteiger partial charge in [-0.1, -0.05) is 11.6 Å². The summed E-state index contributed by atoms with van der Waals surface area (Å²) in [6, 6.07) is 2.81. The molecule has 0 saturated carbocycles. The van der Waals surface area contributed by atoms with E-state index in [-0.39, 0.29) is 0 Å². The van der Waals surface area contributed by atoms with Crippen LogP contribution in [0.5, 0.6) is 0 Å². The number of halogens is 2. The zero-order valence-electron chi connectivity index (χ0n) is 8.26. The Morgan fingerprint density at radius 3 is 2.80 bits per heavy atom. The van der Waals surface area contributed by atoms with Crippen LogP contribution in [0.2, 0.25) is 4.34 Å². The van der Waals surface area contributed by atoms with Crippen molar-refractivity contribution < 1.29 is 0 Å². The highest BCUT2D eigenvalue weighted by Crippen LogP contribution is 2.32. The van der Waals surface area contributed by atoms with Crippen LogP contribution in [0.25, 0.3) is 0 Å². The van der Waals surface area contributed by atoms with E-state index >= 15 is 0 Å². The molecule has 1 aromatic heterocycles. The van der Waals surface area contributed by atoms with E-state index in [4.69, 9.17) is 11.6 Å². The number of thiophene rings is 1. The summed E-state index contributed by atoms with van der Waals surface area (Å²) >= 11 is 13.1. The van der Waals surface area contributed by atoms with Gasteiger partial charge in [-0.05, 0) is 46.3 Å². The number of hydrogen-bond donors (Lipinski definition) is 1. The van der Waals surface area contributed by atoms with Crippen LogP contribution in [0.3, 0.4) is 0 Å². The van der Waals surface area contributed by atoms with Crippen LogP contribution < -0.4 is 5.32 Å². The summed E-state index contributed by atoms with van der Waals surface area (Å²) in [4.78, 5) is 1.31. The Labute approximate surface area is 112 Å². The molecule has 0 unspecified atom stereocenters. The number of thioether (sulfide) groups is 1. The second-order valence-electron chi connectivity index (χ2n) is 3.60. The molecule has 0 aromatic carbocycles. The molecule has 0 amide bonds. The lowest BCUT2D eigenvalue weighted by Gasteiger charge is -2.22.